The maximum atomic E-state index is 11.9. The number of nitrogens with two attached hydrogens (primary N) is 1. The third-order valence-electron chi connectivity index (χ3n) is 2.80. The lowest BCUT2D eigenvalue weighted by atomic mass is 10.1. The Labute approximate surface area is 117 Å². The fraction of sp³-hybridized carbons (Fsp3) is 0.133. The molecule has 0 fully saturated rings. The van der Waals surface area contributed by atoms with Crippen LogP contribution in [-0.2, 0) is 11.2 Å². The van der Waals surface area contributed by atoms with Crippen LogP contribution in [0, 0.1) is 6.92 Å². The Bertz CT molecular complexity index is 611. The molecule has 19 heavy (non-hydrogen) atoms. The highest BCUT2D eigenvalue weighted by Gasteiger charge is 2.08. The summed E-state index contributed by atoms with van der Waals surface area (Å²) in [5, 5.41) is 3.32. The highest BCUT2D eigenvalue weighted by atomic mass is 35.5. The van der Waals surface area contributed by atoms with Crippen LogP contribution in [0.15, 0.2) is 42.5 Å². The summed E-state index contributed by atoms with van der Waals surface area (Å²) >= 11 is 6.07. The van der Waals surface area contributed by atoms with E-state index in [0.717, 1.165) is 11.1 Å². The van der Waals surface area contributed by atoms with Gasteiger partial charge in [-0.1, -0.05) is 35.9 Å². The normalized spacial score (nSPS) is 10.2. The van der Waals surface area contributed by atoms with Crippen LogP contribution in [0.4, 0.5) is 11.4 Å². The number of hydrogen-bond donors (Lipinski definition) is 2. The first-order chi connectivity index (χ1) is 9.06. The largest absolute Gasteiger partial charge is 0.398 e. The van der Waals surface area contributed by atoms with Crippen molar-refractivity contribution in [1.82, 2.24) is 0 Å². The van der Waals surface area contributed by atoms with Crippen molar-refractivity contribution in [1.29, 1.82) is 0 Å². The van der Waals surface area contributed by atoms with Gasteiger partial charge in [-0.25, -0.2) is 0 Å². The van der Waals surface area contributed by atoms with Gasteiger partial charge in [0.1, 0.15) is 0 Å². The number of para-hydroxylation sites is 1. The van der Waals surface area contributed by atoms with Gasteiger partial charge in [0.25, 0.3) is 0 Å². The number of halogens is 1. The van der Waals surface area contributed by atoms with Gasteiger partial charge < -0.3 is 11.1 Å². The van der Waals surface area contributed by atoms with Crippen molar-refractivity contribution in [3.63, 3.8) is 0 Å². The number of carbonyl (C=O) groups is 1. The van der Waals surface area contributed by atoms with Gasteiger partial charge in [0.15, 0.2) is 0 Å². The van der Waals surface area contributed by atoms with Gasteiger partial charge >= 0.3 is 0 Å². The lowest BCUT2D eigenvalue weighted by molar-refractivity contribution is -0.115. The summed E-state index contributed by atoms with van der Waals surface area (Å²) in [6.07, 6.45) is 0.233. The maximum Gasteiger partial charge on any atom is 0.228 e. The van der Waals surface area contributed by atoms with Gasteiger partial charge in [-0.3, -0.25) is 4.79 Å². The molecule has 98 valence electrons. The molecule has 3 nitrogen and oxygen atoms in total. The summed E-state index contributed by atoms with van der Waals surface area (Å²) < 4.78 is 0. The molecule has 0 radical (unpaired) electrons. The van der Waals surface area contributed by atoms with Gasteiger partial charge in [0, 0.05) is 5.69 Å². The van der Waals surface area contributed by atoms with Crippen LogP contribution in [0.5, 0.6) is 0 Å². The molecule has 0 aromatic heterocycles. The highest BCUT2D eigenvalue weighted by molar-refractivity contribution is 6.33. The van der Waals surface area contributed by atoms with E-state index in [2.05, 4.69) is 5.32 Å². The second-order valence-electron chi connectivity index (χ2n) is 4.41. The predicted molar refractivity (Wildman–Crippen MR) is 79.4 cm³/mol. The molecule has 4 heteroatoms. The topological polar surface area (TPSA) is 55.1 Å². The molecule has 2 aromatic carbocycles. The molecule has 0 aliphatic heterocycles. The van der Waals surface area contributed by atoms with Crippen molar-refractivity contribution < 1.29 is 4.79 Å². The third-order valence-corrected chi connectivity index (χ3v) is 3.12. The molecule has 0 heterocycles. The quantitative estimate of drug-likeness (QED) is 0.843. The van der Waals surface area contributed by atoms with Crippen LogP contribution in [0.1, 0.15) is 11.1 Å². The Morgan fingerprint density at radius 2 is 2.00 bits per heavy atom. The predicted octanol–water partition coefficient (Wildman–Crippen LogP) is 3.41. The molecular formula is C15H15ClN2O. The molecule has 2 rings (SSSR count). The molecule has 2 aromatic rings. The summed E-state index contributed by atoms with van der Waals surface area (Å²) in [6.45, 7) is 1.95. The van der Waals surface area contributed by atoms with Crippen molar-refractivity contribution in [3.8, 4) is 0 Å². The lowest BCUT2D eigenvalue weighted by Gasteiger charge is -2.09. The Balaban J connectivity index is 2.08. The molecule has 0 unspecified atom stereocenters. The number of nitrogens with one attached hydrogen (secondary N) is 1. The Hall–Kier alpha value is -2.00. The van der Waals surface area contributed by atoms with E-state index in [4.69, 9.17) is 17.3 Å². The van der Waals surface area contributed by atoms with Gasteiger partial charge in [-0.05, 0) is 36.2 Å². The van der Waals surface area contributed by atoms with Crippen LogP contribution in [0.25, 0.3) is 0 Å². The molecule has 1 amide bonds. The van der Waals surface area contributed by atoms with E-state index in [1.807, 2.05) is 37.3 Å². The van der Waals surface area contributed by atoms with Crippen molar-refractivity contribution in [2.45, 2.75) is 13.3 Å². The number of carbonyl (C=O) groups excluding carboxylic acids is 1. The summed E-state index contributed by atoms with van der Waals surface area (Å²) in [5.74, 6) is -0.136. The SMILES string of the molecule is Cc1ccc(NC(=O)Cc2ccccc2N)c(Cl)c1. The number of nitrogen functional groups attached to an aromatic ring is 1. The lowest BCUT2D eigenvalue weighted by Crippen LogP contribution is -2.15. The zero-order chi connectivity index (χ0) is 13.8. The van der Waals surface area contributed by atoms with E-state index in [-0.39, 0.29) is 12.3 Å². The summed E-state index contributed by atoms with van der Waals surface area (Å²) in [6, 6.07) is 12.8. The van der Waals surface area contributed by atoms with E-state index < -0.39 is 0 Å². The minimum atomic E-state index is -0.136. The maximum absolute atomic E-state index is 11.9. The fourth-order valence-electron chi connectivity index (χ4n) is 1.78. The zero-order valence-corrected chi connectivity index (χ0v) is 11.4. The molecule has 3 N–H and O–H groups in total. The van der Waals surface area contributed by atoms with Gasteiger partial charge in [0.05, 0.1) is 17.1 Å². The van der Waals surface area contributed by atoms with Crippen molar-refractivity contribution in [2.24, 2.45) is 0 Å². The van der Waals surface area contributed by atoms with E-state index in [0.29, 0.717) is 16.4 Å². The Kier molecular flexibility index (Phi) is 4.07. The summed E-state index contributed by atoms with van der Waals surface area (Å²) in [5.41, 5.74) is 8.90. The van der Waals surface area contributed by atoms with E-state index in [9.17, 15) is 4.79 Å². The minimum Gasteiger partial charge on any atom is -0.398 e. The van der Waals surface area contributed by atoms with Crippen molar-refractivity contribution in [2.75, 3.05) is 11.1 Å². The van der Waals surface area contributed by atoms with Gasteiger partial charge in [-0.15, -0.1) is 0 Å². The average Bonchev–Trinajstić information content (AvgIpc) is 2.36. The average molecular weight is 275 g/mol. The Morgan fingerprint density at radius 3 is 2.68 bits per heavy atom. The highest BCUT2D eigenvalue weighted by Crippen LogP contribution is 2.23. The smallest absolute Gasteiger partial charge is 0.228 e. The second kappa shape index (κ2) is 5.76. The number of anilines is 2. The van der Waals surface area contributed by atoms with Crippen LogP contribution >= 0.6 is 11.6 Å². The van der Waals surface area contributed by atoms with E-state index in [1.54, 1.807) is 12.1 Å². The number of rotatable bonds is 3. The molecule has 0 bridgehead atoms. The van der Waals surface area contributed by atoms with Crippen LogP contribution in [0.2, 0.25) is 5.02 Å². The molecule has 0 atom stereocenters. The third kappa shape index (κ3) is 3.48. The van der Waals surface area contributed by atoms with E-state index >= 15 is 0 Å². The summed E-state index contributed by atoms with van der Waals surface area (Å²) in [7, 11) is 0. The second-order valence-corrected chi connectivity index (χ2v) is 4.81. The molecule has 0 spiro atoms. The minimum absolute atomic E-state index is 0.136. The number of hydrogen-bond acceptors (Lipinski definition) is 2. The van der Waals surface area contributed by atoms with Crippen molar-refractivity contribution in [3.05, 3.63) is 58.6 Å². The van der Waals surface area contributed by atoms with Crippen molar-refractivity contribution >= 4 is 28.9 Å². The number of benzene rings is 2. The molecule has 0 saturated heterocycles. The first-order valence-electron chi connectivity index (χ1n) is 5.95. The molecular weight excluding hydrogens is 260 g/mol. The zero-order valence-electron chi connectivity index (χ0n) is 10.6. The standard InChI is InChI=1S/C15H15ClN2O/c1-10-6-7-14(12(16)8-10)18-15(19)9-11-4-2-3-5-13(11)17/h2-8H,9,17H2,1H3,(H,18,19). The van der Waals surface area contributed by atoms with Crippen LogP contribution < -0.4 is 11.1 Å². The first kappa shape index (κ1) is 13.4. The first-order valence-corrected chi connectivity index (χ1v) is 6.33. The molecule has 0 aliphatic rings. The van der Waals surface area contributed by atoms with E-state index in [1.165, 1.54) is 0 Å². The molecule has 0 saturated carbocycles. The Morgan fingerprint density at radius 1 is 1.26 bits per heavy atom. The van der Waals surface area contributed by atoms with Gasteiger partial charge in [0.2, 0.25) is 5.91 Å². The number of aryl methyl sites for hydroxylation is 1. The monoisotopic (exact) mass is 274 g/mol. The fourth-order valence-corrected chi connectivity index (χ4v) is 2.07. The van der Waals surface area contributed by atoms with Gasteiger partial charge in [-0.2, -0.15) is 0 Å². The summed E-state index contributed by atoms with van der Waals surface area (Å²) in [4.78, 5) is 11.9. The molecule has 0 aliphatic carbocycles. The number of amides is 1. The van der Waals surface area contributed by atoms with Crippen LogP contribution in [0.3, 0.4) is 0 Å². The van der Waals surface area contributed by atoms with Crippen LogP contribution in [-0.4, -0.2) is 5.91 Å².